The van der Waals surface area contributed by atoms with Gasteiger partial charge in [0.1, 0.15) is 6.10 Å². The second-order valence-electron chi connectivity index (χ2n) is 15.6. The first-order valence-electron chi connectivity index (χ1n) is 22.5. The van der Waals surface area contributed by atoms with Crippen molar-refractivity contribution in [3.63, 3.8) is 0 Å². The van der Waals surface area contributed by atoms with Gasteiger partial charge in [-0.05, 0) is 38.5 Å². The maximum absolute atomic E-state index is 12.4. The van der Waals surface area contributed by atoms with Crippen LogP contribution in [0.25, 0.3) is 0 Å². The number of hydrogen-bond donors (Lipinski definition) is 4. The van der Waals surface area contributed by atoms with Gasteiger partial charge < -0.3 is 20.6 Å². The summed E-state index contributed by atoms with van der Waals surface area (Å²) in [7, 11) is 0. The Hall–Kier alpha value is -0.910. The normalized spacial score (nSPS) is 13.6. The lowest BCUT2D eigenvalue weighted by Gasteiger charge is -2.23. The molecule has 5 heteroatoms. The lowest BCUT2D eigenvalue weighted by molar-refractivity contribution is -0.131. The smallest absolute Gasteiger partial charge is 0.249 e. The predicted octanol–water partition coefficient (Wildman–Crippen LogP) is 12.8. The molecule has 5 nitrogen and oxygen atoms in total. The number of hydrogen-bond acceptors (Lipinski definition) is 4. The number of allylic oxidation sites excluding steroid dienone is 2. The van der Waals surface area contributed by atoms with Crippen molar-refractivity contribution in [2.24, 2.45) is 0 Å². The molecule has 0 spiro atoms. The molecule has 3 atom stereocenters. The van der Waals surface area contributed by atoms with E-state index in [1.807, 2.05) is 0 Å². The number of carbonyl (C=O) groups excluding carboxylic acids is 1. The highest BCUT2D eigenvalue weighted by atomic mass is 16.3. The minimum Gasteiger partial charge on any atom is -0.394 e. The first-order valence-corrected chi connectivity index (χ1v) is 22.5. The van der Waals surface area contributed by atoms with E-state index in [9.17, 15) is 20.1 Å². The Kier molecular flexibility index (Phi) is 40.1. The Morgan fingerprint density at radius 3 is 1.12 bits per heavy atom. The molecule has 298 valence electrons. The molecule has 1 amide bonds. The van der Waals surface area contributed by atoms with Crippen molar-refractivity contribution in [1.29, 1.82) is 0 Å². The minimum atomic E-state index is -1.09. The van der Waals surface area contributed by atoms with E-state index >= 15 is 0 Å². The second-order valence-corrected chi connectivity index (χ2v) is 15.6. The van der Waals surface area contributed by atoms with Gasteiger partial charge in [0.2, 0.25) is 5.91 Å². The quantitative estimate of drug-likeness (QED) is 0.0376. The van der Waals surface area contributed by atoms with Crippen molar-refractivity contribution in [2.75, 3.05) is 6.61 Å². The molecule has 0 aromatic carbocycles. The van der Waals surface area contributed by atoms with Crippen molar-refractivity contribution in [3.8, 4) is 0 Å². The molecule has 50 heavy (non-hydrogen) atoms. The SMILES string of the molecule is CCCCCCCC/C=C\CCCCC(O)C(=O)NC(CO)C(O)CCCCCCCCCCCCCCCCCCCCCCCCCC. The van der Waals surface area contributed by atoms with Crippen LogP contribution < -0.4 is 5.32 Å². The molecule has 0 heterocycles. The molecule has 0 aliphatic rings. The van der Waals surface area contributed by atoms with Gasteiger partial charge in [0.05, 0.1) is 18.8 Å². The molecular formula is C45H89NO4. The Morgan fingerprint density at radius 2 is 0.760 bits per heavy atom. The number of carbonyl (C=O) groups is 1. The van der Waals surface area contributed by atoms with Crippen LogP contribution in [0.3, 0.4) is 0 Å². The van der Waals surface area contributed by atoms with Crippen LogP contribution in [0, 0.1) is 0 Å². The first kappa shape index (κ1) is 49.1. The molecule has 0 aliphatic carbocycles. The summed E-state index contributed by atoms with van der Waals surface area (Å²) < 4.78 is 0. The number of amides is 1. The largest absolute Gasteiger partial charge is 0.394 e. The maximum atomic E-state index is 12.4. The predicted molar refractivity (Wildman–Crippen MR) is 218 cm³/mol. The van der Waals surface area contributed by atoms with E-state index in [1.165, 1.54) is 180 Å². The third-order valence-corrected chi connectivity index (χ3v) is 10.6. The summed E-state index contributed by atoms with van der Waals surface area (Å²) in [6.07, 6.45) is 48.0. The Labute approximate surface area is 312 Å². The fraction of sp³-hybridized carbons (Fsp3) is 0.933. The topological polar surface area (TPSA) is 89.8 Å². The second kappa shape index (κ2) is 40.9. The Bertz CT molecular complexity index is 699. The zero-order valence-corrected chi connectivity index (χ0v) is 33.8. The number of unbranched alkanes of at least 4 members (excludes halogenated alkanes) is 31. The van der Waals surface area contributed by atoms with Crippen LogP contribution in [0.1, 0.15) is 245 Å². The lowest BCUT2D eigenvalue weighted by atomic mass is 10.0. The molecule has 0 saturated carbocycles. The zero-order valence-electron chi connectivity index (χ0n) is 33.8. The molecule has 0 aromatic rings. The highest BCUT2D eigenvalue weighted by Crippen LogP contribution is 2.17. The van der Waals surface area contributed by atoms with Crippen molar-refractivity contribution < 1.29 is 20.1 Å². The molecule has 0 saturated heterocycles. The summed E-state index contributed by atoms with van der Waals surface area (Å²) in [5.74, 6) is -0.485. The number of aliphatic hydroxyl groups is 3. The number of rotatable bonds is 41. The zero-order chi connectivity index (χ0) is 36.6. The summed E-state index contributed by atoms with van der Waals surface area (Å²) in [6, 6.07) is -0.716. The van der Waals surface area contributed by atoms with E-state index in [2.05, 4.69) is 31.3 Å². The maximum Gasteiger partial charge on any atom is 0.249 e. The van der Waals surface area contributed by atoms with E-state index in [4.69, 9.17) is 0 Å². The molecule has 3 unspecified atom stereocenters. The summed E-state index contributed by atoms with van der Waals surface area (Å²) in [4.78, 5) is 12.4. The van der Waals surface area contributed by atoms with Gasteiger partial charge in [0.15, 0.2) is 0 Å². The van der Waals surface area contributed by atoms with Gasteiger partial charge in [-0.15, -0.1) is 0 Å². The molecule has 0 aromatic heterocycles. The van der Waals surface area contributed by atoms with Crippen LogP contribution in [0.4, 0.5) is 0 Å². The fourth-order valence-electron chi connectivity index (χ4n) is 7.07. The minimum absolute atomic E-state index is 0.317. The summed E-state index contributed by atoms with van der Waals surface area (Å²) in [5, 5.41) is 33.2. The van der Waals surface area contributed by atoms with Crippen LogP contribution in [0.5, 0.6) is 0 Å². The van der Waals surface area contributed by atoms with Crippen LogP contribution in [-0.4, -0.2) is 46.1 Å². The van der Waals surface area contributed by atoms with Crippen molar-refractivity contribution in [1.82, 2.24) is 5.32 Å². The van der Waals surface area contributed by atoms with Gasteiger partial charge in [-0.1, -0.05) is 219 Å². The molecule has 0 radical (unpaired) electrons. The number of nitrogens with one attached hydrogen (secondary N) is 1. The van der Waals surface area contributed by atoms with Crippen molar-refractivity contribution in [2.45, 2.75) is 263 Å². The van der Waals surface area contributed by atoms with Gasteiger partial charge in [0.25, 0.3) is 0 Å². The highest BCUT2D eigenvalue weighted by Gasteiger charge is 2.23. The lowest BCUT2D eigenvalue weighted by Crippen LogP contribution is -2.49. The van der Waals surface area contributed by atoms with Gasteiger partial charge in [-0.25, -0.2) is 0 Å². The van der Waals surface area contributed by atoms with E-state index in [-0.39, 0.29) is 6.61 Å². The van der Waals surface area contributed by atoms with E-state index in [1.54, 1.807) is 0 Å². The van der Waals surface area contributed by atoms with Gasteiger partial charge in [0, 0.05) is 0 Å². The van der Waals surface area contributed by atoms with Gasteiger partial charge in [-0.3, -0.25) is 4.79 Å². The highest BCUT2D eigenvalue weighted by molar-refractivity contribution is 5.80. The molecule has 0 bridgehead atoms. The average molecular weight is 708 g/mol. The molecule has 0 fully saturated rings. The van der Waals surface area contributed by atoms with Gasteiger partial charge >= 0.3 is 0 Å². The van der Waals surface area contributed by atoms with Crippen molar-refractivity contribution in [3.05, 3.63) is 12.2 Å². The third kappa shape index (κ3) is 35.5. The summed E-state index contributed by atoms with van der Waals surface area (Å²) >= 11 is 0. The molecule has 4 N–H and O–H groups in total. The van der Waals surface area contributed by atoms with Crippen LogP contribution in [-0.2, 0) is 4.79 Å². The fourth-order valence-corrected chi connectivity index (χ4v) is 7.07. The Morgan fingerprint density at radius 1 is 0.460 bits per heavy atom. The van der Waals surface area contributed by atoms with E-state index < -0.39 is 24.2 Å². The van der Waals surface area contributed by atoms with Crippen molar-refractivity contribution >= 4 is 5.91 Å². The summed E-state index contributed by atoms with van der Waals surface area (Å²) in [6.45, 7) is 4.22. The summed E-state index contributed by atoms with van der Waals surface area (Å²) in [5.41, 5.74) is 0. The molecule has 0 aliphatic heterocycles. The van der Waals surface area contributed by atoms with Crippen LogP contribution in [0.2, 0.25) is 0 Å². The molecule has 0 rings (SSSR count). The Balaban J connectivity index is 3.55. The van der Waals surface area contributed by atoms with Crippen LogP contribution in [0.15, 0.2) is 12.2 Å². The third-order valence-electron chi connectivity index (χ3n) is 10.6. The van der Waals surface area contributed by atoms with E-state index in [0.717, 1.165) is 38.5 Å². The standard InChI is InChI=1S/C45H89NO4/c1-3-5-7-9-11-13-15-17-18-19-20-21-22-23-24-25-26-27-28-30-31-33-35-37-39-43(48)42(41-47)46-45(50)44(49)40-38-36-34-32-29-16-14-12-10-8-6-4-2/h29,32,42-44,47-49H,3-28,30-31,33-41H2,1-2H3,(H,46,50)/b32-29-. The monoisotopic (exact) mass is 708 g/mol. The average Bonchev–Trinajstić information content (AvgIpc) is 3.12. The van der Waals surface area contributed by atoms with Gasteiger partial charge in [-0.2, -0.15) is 0 Å². The first-order chi connectivity index (χ1) is 24.6. The molecular weight excluding hydrogens is 618 g/mol. The number of aliphatic hydroxyl groups excluding tert-OH is 3. The van der Waals surface area contributed by atoms with E-state index in [0.29, 0.717) is 12.8 Å². The van der Waals surface area contributed by atoms with Crippen LogP contribution >= 0.6 is 0 Å².